The topological polar surface area (TPSA) is 51.7 Å². The molecule has 0 N–H and O–H groups in total. The van der Waals surface area contributed by atoms with Crippen molar-refractivity contribution >= 4 is 17.1 Å². The first kappa shape index (κ1) is 14.6. The van der Waals surface area contributed by atoms with Crippen molar-refractivity contribution in [2.75, 3.05) is 40.0 Å². The number of morpholine rings is 1. The van der Waals surface area contributed by atoms with E-state index in [1.54, 1.807) is 14.0 Å². The second kappa shape index (κ2) is 7.09. The smallest absolute Gasteiger partial charge is 0.171 e. The Hall–Kier alpha value is -0.820. The molecule has 0 radical (unpaired) electrons. The number of carbonyl (C=O) groups excluding carboxylic acids is 1. The third-order valence-electron chi connectivity index (χ3n) is 3.09. The second-order valence-electron chi connectivity index (χ2n) is 4.58. The number of hydrogen-bond donors (Lipinski definition) is 0. The number of methoxy groups -OCH3 is 1. The van der Waals surface area contributed by atoms with Crippen molar-refractivity contribution in [1.29, 1.82) is 0 Å². The molecule has 1 aliphatic rings. The van der Waals surface area contributed by atoms with Crippen LogP contribution in [-0.2, 0) is 22.5 Å². The molecule has 2 rings (SSSR count). The van der Waals surface area contributed by atoms with Crippen molar-refractivity contribution in [1.82, 2.24) is 9.88 Å². The van der Waals surface area contributed by atoms with Gasteiger partial charge >= 0.3 is 0 Å². The minimum atomic E-state index is 0.0715. The van der Waals surface area contributed by atoms with Crippen molar-refractivity contribution in [2.45, 2.75) is 20.0 Å². The fourth-order valence-corrected chi connectivity index (χ4v) is 3.05. The molecule has 1 aromatic rings. The number of ether oxygens (including phenoxy) is 2. The number of aromatic nitrogens is 1. The molecule has 0 bridgehead atoms. The van der Waals surface area contributed by atoms with Crippen LogP contribution in [0.5, 0.6) is 0 Å². The zero-order chi connectivity index (χ0) is 13.7. The van der Waals surface area contributed by atoms with Crippen molar-refractivity contribution < 1.29 is 14.3 Å². The Morgan fingerprint density at radius 2 is 2.21 bits per heavy atom. The molecule has 1 saturated heterocycles. The Balaban J connectivity index is 1.95. The van der Waals surface area contributed by atoms with Gasteiger partial charge in [-0.1, -0.05) is 0 Å². The predicted molar refractivity (Wildman–Crippen MR) is 73.8 cm³/mol. The summed E-state index contributed by atoms with van der Waals surface area (Å²) >= 11 is 1.50. The van der Waals surface area contributed by atoms with Gasteiger partial charge in [-0.25, -0.2) is 4.98 Å². The van der Waals surface area contributed by atoms with E-state index in [9.17, 15) is 4.79 Å². The molecule has 1 aromatic heterocycles. The van der Waals surface area contributed by atoms with E-state index < -0.39 is 0 Å². The van der Waals surface area contributed by atoms with Gasteiger partial charge < -0.3 is 9.47 Å². The van der Waals surface area contributed by atoms with Gasteiger partial charge in [-0.15, -0.1) is 11.3 Å². The van der Waals surface area contributed by atoms with Crippen LogP contribution in [0.2, 0.25) is 0 Å². The third kappa shape index (κ3) is 4.07. The molecule has 0 aliphatic carbocycles. The summed E-state index contributed by atoms with van der Waals surface area (Å²) in [5.74, 6) is 0.0715. The molecule has 0 amide bonds. The van der Waals surface area contributed by atoms with Gasteiger partial charge in [0.15, 0.2) is 5.78 Å². The average Bonchev–Trinajstić information content (AvgIpc) is 2.81. The number of ketones is 1. The van der Waals surface area contributed by atoms with Crippen LogP contribution >= 0.6 is 11.3 Å². The van der Waals surface area contributed by atoms with Crippen molar-refractivity contribution in [2.24, 2.45) is 0 Å². The maximum absolute atomic E-state index is 11.5. The lowest BCUT2D eigenvalue weighted by atomic mass is 10.3. The SMILES string of the molecule is COCc1nc(CCN2CCOCC2)sc1C(C)=O. The molecule has 5 nitrogen and oxygen atoms in total. The van der Waals surface area contributed by atoms with Gasteiger partial charge in [0.25, 0.3) is 0 Å². The maximum atomic E-state index is 11.5. The highest BCUT2D eigenvalue weighted by Crippen LogP contribution is 2.21. The first-order valence-electron chi connectivity index (χ1n) is 6.49. The van der Waals surface area contributed by atoms with Gasteiger partial charge in [-0.3, -0.25) is 9.69 Å². The summed E-state index contributed by atoms with van der Waals surface area (Å²) in [5, 5.41) is 1.02. The fraction of sp³-hybridized carbons (Fsp3) is 0.692. The molecular weight excluding hydrogens is 264 g/mol. The standard InChI is InChI=1S/C13H20N2O3S/c1-10(16)13-11(9-17-2)14-12(19-13)3-4-15-5-7-18-8-6-15/h3-9H2,1-2H3. The van der Waals surface area contributed by atoms with Crippen LogP contribution in [0.1, 0.15) is 27.3 Å². The van der Waals surface area contributed by atoms with Crippen LogP contribution in [0.15, 0.2) is 0 Å². The van der Waals surface area contributed by atoms with Crippen LogP contribution in [0, 0.1) is 0 Å². The summed E-state index contributed by atoms with van der Waals surface area (Å²) in [6, 6.07) is 0. The average molecular weight is 284 g/mol. The monoisotopic (exact) mass is 284 g/mol. The molecule has 0 unspecified atom stereocenters. The van der Waals surface area contributed by atoms with E-state index in [-0.39, 0.29) is 5.78 Å². The quantitative estimate of drug-likeness (QED) is 0.738. The van der Waals surface area contributed by atoms with Gasteiger partial charge in [-0.05, 0) is 0 Å². The van der Waals surface area contributed by atoms with Crippen LogP contribution in [0.25, 0.3) is 0 Å². The molecule has 1 aliphatic heterocycles. The van der Waals surface area contributed by atoms with Crippen molar-refractivity contribution in [3.63, 3.8) is 0 Å². The summed E-state index contributed by atoms with van der Waals surface area (Å²) in [5.41, 5.74) is 0.775. The first-order chi connectivity index (χ1) is 9.20. The van der Waals surface area contributed by atoms with E-state index in [4.69, 9.17) is 9.47 Å². The highest BCUT2D eigenvalue weighted by Gasteiger charge is 2.16. The van der Waals surface area contributed by atoms with Crippen LogP contribution in [0.3, 0.4) is 0 Å². The normalized spacial score (nSPS) is 16.7. The predicted octanol–water partition coefficient (Wildman–Crippen LogP) is 1.37. The Morgan fingerprint density at radius 3 is 2.84 bits per heavy atom. The van der Waals surface area contributed by atoms with Crippen LogP contribution < -0.4 is 0 Å². The van der Waals surface area contributed by atoms with Gasteiger partial charge in [-0.2, -0.15) is 0 Å². The molecule has 6 heteroatoms. The second-order valence-corrected chi connectivity index (χ2v) is 5.66. The van der Waals surface area contributed by atoms with Gasteiger partial charge in [0, 0.05) is 40.1 Å². The highest BCUT2D eigenvalue weighted by molar-refractivity contribution is 7.13. The van der Waals surface area contributed by atoms with Crippen molar-refractivity contribution in [3.05, 3.63) is 15.6 Å². The Labute approximate surface area is 117 Å². The lowest BCUT2D eigenvalue weighted by Crippen LogP contribution is -2.37. The molecule has 0 spiro atoms. The molecular formula is C13H20N2O3S. The van der Waals surface area contributed by atoms with E-state index in [0.29, 0.717) is 6.61 Å². The van der Waals surface area contributed by atoms with E-state index in [0.717, 1.165) is 54.8 Å². The molecule has 0 aromatic carbocycles. The molecule has 2 heterocycles. The van der Waals surface area contributed by atoms with Crippen LogP contribution in [-0.4, -0.2) is 55.6 Å². The van der Waals surface area contributed by atoms with E-state index >= 15 is 0 Å². The Morgan fingerprint density at radius 1 is 1.47 bits per heavy atom. The number of carbonyl (C=O) groups is 1. The number of Topliss-reactive ketones (excluding diaryl/α,β-unsaturated/α-hetero) is 1. The molecule has 1 fully saturated rings. The van der Waals surface area contributed by atoms with Gasteiger partial charge in [0.05, 0.1) is 35.4 Å². The fourth-order valence-electron chi connectivity index (χ4n) is 2.10. The summed E-state index contributed by atoms with van der Waals surface area (Å²) in [7, 11) is 1.62. The number of hydrogen-bond acceptors (Lipinski definition) is 6. The van der Waals surface area contributed by atoms with Gasteiger partial charge in [0.2, 0.25) is 0 Å². The largest absolute Gasteiger partial charge is 0.379 e. The Kier molecular flexibility index (Phi) is 5.45. The molecule has 106 valence electrons. The summed E-state index contributed by atoms with van der Waals surface area (Å²) < 4.78 is 10.4. The highest BCUT2D eigenvalue weighted by atomic mass is 32.1. The zero-order valence-electron chi connectivity index (χ0n) is 11.5. The summed E-state index contributed by atoms with van der Waals surface area (Å²) in [6.07, 6.45) is 0.884. The Bertz CT molecular complexity index is 428. The minimum absolute atomic E-state index is 0.0715. The van der Waals surface area contributed by atoms with E-state index in [1.165, 1.54) is 11.3 Å². The third-order valence-corrected chi connectivity index (χ3v) is 4.35. The zero-order valence-corrected chi connectivity index (χ0v) is 12.3. The number of thiazole rings is 1. The minimum Gasteiger partial charge on any atom is -0.379 e. The van der Waals surface area contributed by atoms with E-state index in [2.05, 4.69) is 9.88 Å². The lowest BCUT2D eigenvalue weighted by Gasteiger charge is -2.25. The molecule has 0 saturated carbocycles. The number of rotatable bonds is 6. The molecule has 0 atom stereocenters. The molecule has 19 heavy (non-hydrogen) atoms. The van der Waals surface area contributed by atoms with E-state index in [1.807, 2.05) is 0 Å². The van der Waals surface area contributed by atoms with Crippen LogP contribution in [0.4, 0.5) is 0 Å². The summed E-state index contributed by atoms with van der Waals surface area (Å²) in [4.78, 5) is 19.2. The number of nitrogens with zero attached hydrogens (tertiary/aromatic N) is 2. The lowest BCUT2D eigenvalue weighted by molar-refractivity contribution is 0.0384. The van der Waals surface area contributed by atoms with Gasteiger partial charge in [0.1, 0.15) is 0 Å². The van der Waals surface area contributed by atoms with Crippen molar-refractivity contribution in [3.8, 4) is 0 Å². The first-order valence-corrected chi connectivity index (χ1v) is 7.31. The summed E-state index contributed by atoms with van der Waals surface area (Å²) in [6.45, 7) is 6.55. The maximum Gasteiger partial charge on any atom is 0.171 e.